The molecule has 9 nitrogen and oxygen atoms in total. The quantitative estimate of drug-likeness (QED) is 0.293. The number of carbonyl (C=O) groups is 1. The molecular weight excluding hydrogens is 282 g/mol. The number of thioether (sulfide) groups is 1. The molecule has 0 aliphatic rings. The number of furan rings is 1. The maximum atomic E-state index is 10.7. The highest BCUT2D eigenvalue weighted by Crippen LogP contribution is 2.15. The topological polar surface area (TPSA) is 137 Å². The highest BCUT2D eigenvalue weighted by atomic mass is 32.2. The molecule has 0 bridgehead atoms. The van der Waals surface area contributed by atoms with E-state index in [2.05, 4.69) is 20.7 Å². The summed E-state index contributed by atoms with van der Waals surface area (Å²) in [4.78, 5) is 10.7. The molecule has 2 heterocycles. The van der Waals surface area contributed by atoms with Crippen LogP contribution >= 0.6 is 11.8 Å². The van der Waals surface area contributed by atoms with Crippen molar-refractivity contribution < 1.29 is 9.21 Å². The van der Waals surface area contributed by atoms with Crippen molar-refractivity contribution in [2.45, 2.75) is 12.1 Å². The number of primary amides is 1. The van der Waals surface area contributed by atoms with E-state index in [1.165, 1.54) is 10.9 Å². The van der Waals surface area contributed by atoms with Crippen LogP contribution in [0, 0.1) is 6.92 Å². The molecule has 0 aliphatic carbocycles. The number of aryl methyl sites for hydroxylation is 1. The molecule has 0 aliphatic heterocycles. The Morgan fingerprint density at radius 1 is 1.60 bits per heavy atom. The molecule has 2 aromatic rings. The van der Waals surface area contributed by atoms with Gasteiger partial charge in [0.1, 0.15) is 11.5 Å². The zero-order valence-electron chi connectivity index (χ0n) is 10.6. The van der Waals surface area contributed by atoms with Crippen LogP contribution in [0.1, 0.15) is 11.5 Å². The summed E-state index contributed by atoms with van der Waals surface area (Å²) < 4.78 is 6.48. The number of hydrogen-bond acceptors (Lipinski definition) is 8. The maximum absolute atomic E-state index is 10.7. The second-order valence-corrected chi connectivity index (χ2v) is 4.69. The van der Waals surface area contributed by atoms with Gasteiger partial charge in [-0.2, -0.15) is 5.10 Å². The van der Waals surface area contributed by atoms with Gasteiger partial charge in [0.25, 0.3) is 5.95 Å². The van der Waals surface area contributed by atoms with Crippen molar-refractivity contribution in [2.24, 2.45) is 10.8 Å². The van der Waals surface area contributed by atoms with E-state index < -0.39 is 5.91 Å². The highest BCUT2D eigenvalue weighted by Gasteiger charge is 2.10. The minimum absolute atomic E-state index is 0.0737. The summed E-state index contributed by atoms with van der Waals surface area (Å²) in [6.45, 7) is 1.84. The van der Waals surface area contributed by atoms with E-state index in [0.29, 0.717) is 10.9 Å². The number of anilines is 1. The van der Waals surface area contributed by atoms with Crippen LogP contribution in [0.3, 0.4) is 0 Å². The number of rotatable bonds is 6. The third-order valence-electron chi connectivity index (χ3n) is 2.13. The van der Waals surface area contributed by atoms with Crippen LogP contribution in [0.15, 0.2) is 26.8 Å². The lowest BCUT2D eigenvalue weighted by Gasteiger charge is -2.00. The normalized spacial score (nSPS) is 11.1. The number of amides is 1. The second kappa shape index (κ2) is 6.10. The molecule has 2 aromatic heterocycles. The fourth-order valence-corrected chi connectivity index (χ4v) is 1.86. The van der Waals surface area contributed by atoms with Gasteiger partial charge in [-0.05, 0) is 19.1 Å². The first-order chi connectivity index (χ1) is 9.56. The number of hydrogen-bond donors (Lipinski definition) is 3. The summed E-state index contributed by atoms with van der Waals surface area (Å²) in [6.07, 6.45) is 1.48. The Morgan fingerprint density at radius 3 is 3.05 bits per heavy atom. The average Bonchev–Trinajstić information content (AvgIpc) is 2.95. The van der Waals surface area contributed by atoms with Crippen molar-refractivity contribution in [3.05, 3.63) is 23.7 Å². The molecule has 0 saturated heterocycles. The molecule has 0 radical (unpaired) electrons. The summed E-state index contributed by atoms with van der Waals surface area (Å²) in [5, 5.41) is 11.9. The van der Waals surface area contributed by atoms with Gasteiger partial charge in [0, 0.05) is 0 Å². The first-order valence-electron chi connectivity index (χ1n) is 5.53. The molecule has 0 aromatic carbocycles. The number of aromatic nitrogens is 3. The van der Waals surface area contributed by atoms with E-state index in [1.54, 1.807) is 6.07 Å². The van der Waals surface area contributed by atoms with Gasteiger partial charge in [-0.15, -0.1) is 10.2 Å². The van der Waals surface area contributed by atoms with E-state index >= 15 is 0 Å². The van der Waals surface area contributed by atoms with Gasteiger partial charge in [-0.25, -0.2) is 10.1 Å². The predicted molar refractivity (Wildman–Crippen MR) is 74.8 cm³/mol. The number of carbonyl (C=O) groups excluding carboxylic acids is 1. The number of nitrogens with zero attached hydrogens (tertiary/aromatic N) is 4. The van der Waals surface area contributed by atoms with E-state index in [1.807, 2.05) is 13.0 Å². The fraction of sp³-hybridized carbons (Fsp3) is 0.200. The third kappa shape index (κ3) is 3.51. The molecule has 20 heavy (non-hydrogen) atoms. The SMILES string of the molecule is Cc1ccc(/C=N/Nc2nnc(SCC(N)=O)n2N)o1. The standard InChI is InChI=1S/C10H13N7O2S/c1-6-2-3-7(19-6)4-13-14-9-15-16-10(17(9)12)20-5-8(11)18/h2-4H,5,12H2,1H3,(H2,11,18)(H,14,15)/b13-4+. The van der Waals surface area contributed by atoms with E-state index in [9.17, 15) is 4.79 Å². The molecule has 0 fully saturated rings. The first-order valence-corrected chi connectivity index (χ1v) is 6.52. The van der Waals surface area contributed by atoms with E-state index in [-0.39, 0.29) is 11.7 Å². The second-order valence-electron chi connectivity index (χ2n) is 3.75. The fourth-order valence-electron chi connectivity index (χ4n) is 1.26. The number of nitrogens with two attached hydrogens (primary N) is 2. The summed E-state index contributed by atoms with van der Waals surface area (Å²) >= 11 is 1.09. The number of nitrogens with one attached hydrogen (secondary N) is 1. The zero-order valence-corrected chi connectivity index (χ0v) is 11.4. The molecule has 10 heteroatoms. The Balaban J connectivity index is 1.96. The Morgan fingerprint density at radius 2 is 2.40 bits per heavy atom. The van der Waals surface area contributed by atoms with Crippen molar-refractivity contribution >= 4 is 29.8 Å². The molecule has 0 saturated carbocycles. The van der Waals surface area contributed by atoms with Gasteiger partial charge in [-0.3, -0.25) is 4.79 Å². The lowest BCUT2D eigenvalue weighted by molar-refractivity contribution is -0.115. The third-order valence-corrected chi connectivity index (χ3v) is 3.09. The Hall–Kier alpha value is -2.49. The van der Waals surface area contributed by atoms with Crippen molar-refractivity contribution in [3.8, 4) is 0 Å². The van der Waals surface area contributed by atoms with Crippen molar-refractivity contribution in [1.29, 1.82) is 0 Å². The zero-order chi connectivity index (χ0) is 14.5. The Labute approximate surface area is 118 Å². The van der Waals surface area contributed by atoms with E-state index in [4.69, 9.17) is 16.0 Å². The maximum Gasteiger partial charge on any atom is 0.264 e. The van der Waals surface area contributed by atoms with Crippen LogP contribution < -0.4 is 17.0 Å². The molecule has 0 unspecified atom stereocenters. The summed E-state index contributed by atoms with van der Waals surface area (Å²) in [5.41, 5.74) is 7.66. The first kappa shape index (κ1) is 13.9. The van der Waals surface area contributed by atoms with Gasteiger partial charge >= 0.3 is 0 Å². The highest BCUT2D eigenvalue weighted by molar-refractivity contribution is 7.99. The van der Waals surface area contributed by atoms with Gasteiger partial charge < -0.3 is 16.0 Å². The summed E-state index contributed by atoms with van der Waals surface area (Å²) in [6, 6.07) is 3.60. The molecule has 1 amide bonds. The van der Waals surface area contributed by atoms with Crippen molar-refractivity contribution in [1.82, 2.24) is 14.9 Å². The van der Waals surface area contributed by atoms with Gasteiger partial charge in [0.15, 0.2) is 0 Å². The van der Waals surface area contributed by atoms with Crippen LogP contribution in [0.4, 0.5) is 5.95 Å². The molecule has 106 valence electrons. The molecular formula is C10H13N7O2S. The predicted octanol–water partition coefficient (Wildman–Crippen LogP) is -0.0833. The number of hydrazone groups is 1. The average molecular weight is 295 g/mol. The molecule has 2 rings (SSSR count). The van der Waals surface area contributed by atoms with Crippen LogP contribution in [-0.4, -0.2) is 32.7 Å². The van der Waals surface area contributed by atoms with Gasteiger partial charge in [0.05, 0.1) is 12.0 Å². The Bertz CT molecular complexity index is 633. The molecule has 5 N–H and O–H groups in total. The minimum Gasteiger partial charge on any atom is -0.460 e. The monoisotopic (exact) mass is 295 g/mol. The lowest BCUT2D eigenvalue weighted by Crippen LogP contribution is -2.16. The summed E-state index contributed by atoms with van der Waals surface area (Å²) in [7, 11) is 0. The summed E-state index contributed by atoms with van der Waals surface area (Å²) in [5.74, 6) is 6.97. The lowest BCUT2D eigenvalue weighted by atomic mass is 10.4. The number of nitrogen functional groups attached to an aromatic ring is 1. The van der Waals surface area contributed by atoms with Crippen LogP contribution in [0.2, 0.25) is 0 Å². The molecule has 0 atom stereocenters. The van der Waals surface area contributed by atoms with Gasteiger partial charge in [-0.1, -0.05) is 11.8 Å². The Kier molecular flexibility index (Phi) is 4.25. The van der Waals surface area contributed by atoms with Crippen LogP contribution in [0.25, 0.3) is 0 Å². The minimum atomic E-state index is -0.460. The smallest absolute Gasteiger partial charge is 0.264 e. The van der Waals surface area contributed by atoms with Gasteiger partial charge in [0.2, 0.25) is 11.1 Å². The molecule has 0 spiro atoms. The van der Waals surface area contributed by atoms with E-state index in [0.717, 1.165) is 17.5 Å². The van der Waals surface area contributed by atoms with Crippen molar-refractivity contribution in [3.63, 3.8) is 0 Å². The largest absolute Gasteiger partial charge is 0.460 e. The van der Waals surface area contributed by atoms with Crippen molar-refractivity contribution in [2.75, 3.05) is 17.0 Å². The van der Waals surface area contributed by atoms with Crippen LogP contribution in [0.5, 0.6) is 0 Å². The van der Waals surface area contributed by atoms with Crippen LogP contribution in [-0.2, 0) is 4.79 Å².